The van der Waals surface area contributed by atoms with Crippen molar-refractivity contribution in [3.8, 4) is 0 Å². The number of carbonyl (C=O) groups is 1. The highest BCUT2D eigenvalue weighted by atomic mass is 16.1. The quantitative estimate of drug-likeness (QED) is 0.697. The minimum absolute atomic E-state index is 0.169. The fraction of sp³-hybridized carbons (Fsp3) is 0.353. The summed E-state index contributed by atoms with van der Waals surface area (Å²) in [5, 5.41) is 0. The van der Waals surface area contributed by atoms with Gasteiger partial charge in [-0.1, -0.05) is 55.5 Å². The number of rotatable bonds is 5. The molecule has 1 rings (SSSR count). The first-order valence-corrected chi connectivity index (χ1v) is 6.47. The Morgan fingerprint density at radius 2 is 1.89 bits per heavy atom. The van der Waals surface area contributed by atoms with E-state index in [0.717, 1.165) is 17.6 Å². The van der Waals surface area contributed by atoms with Gasteiger partial charge in [-0.25, -0.2) is 0 Å². The van der Waals surface area contributed by atoms with Crippen LogP contribution in [0.25, 0.3) is 0 Å². The van der Waals surface area contributed by atoms with E-state index in [1.807, 2.05) is 50.3 Å². The molecule has 0 fully saturated rings. The van der Waals surface area contributed by atoms with Crippen LogP contribution in [0.1, 0.15) is 39.7 Å². The molecule has 0 radical (unpaired) electrons. The van der Waals surface area contributed by atoms with Gasteiger partial charge in [-0.15, -0.1) is 0 Å². The Kier molecular flexibility index (Phi) is 5.08. The van der Waals surface area contributed by atoms with Gasteiger partial charge in [-0.05, 0) is 38.3 Å². The highest BCUT2D eigenvalue weighted by Crippen LogP contribution is 2.33. The molecule has 0 aliphatic heterocycles. The maximum atomic E-state index is 12.2. The monoisotopic (exact) mass is 242 g/mol. The summed E-state index contributed by atoms with van der Waals surface area (Å²) in [6.07, 6.45) is 7.16. The maximum Gasteiger partial charge on any atom is 0.144 e. The molecule has 0 aliphatic carbocycles. The Hall–Kier alpha value is -1.63. The predicted octanol–water partition coefficient (Wildman–Crippen LogP) is 4.45. The summed E-state index contributed by atoms with van der Waals surface area (Å²) in [6, 6.07) is 9.97. The standard InChI is InChI=1S/C17H22O/c1-5-7-11-15(6-2)17(4,14(3)18)16-12-9-8-10-13-16/h6-13H,5H2,1-4H3/b11-7-,15-6+. The highest BCUT2D eigenvalue weighted by Gasteiger charge is 2.34. The van der Waals surface area contributed by atoms with Crippen molar-refractivity contribution in [3.63, 3.8) is 0 Å². The molecule has 18 heavy (non-hydrogen) atoms. The van der Waals surface area contributed by atoms with Gasteiger partial charge in [0, 0.05) is 0 Å². The number of ketones is 1. The topological polar surface area (TPSA) is 17.1 Å². The average molecular weight is 242 g/mol. The molecule has 1 atom stereocenters. The Balaban J connectivity index is 3.32. The third kappa shape index (κ3) is 2.79. The highest BCUT2D eigenvalue weighted by molar-refractivity contribution is 5.92. The predicted molar refractivity (Wildman–Crippen MR) is 77.7 cm³/mol. The number of benzene rings is 1. The molecular formula is C17H22O. The lowest BCUT2D eigenvalue weighted by Gasteiger charge is -2.29. The van der Waals surface area contributed by atoms with E-state index in [4.69, 9.17) is 0 Å². The number of hydrogen-bond acceptors (Lipinski definition) is 1. The lowest BCUT2D eigenvalue weighted by molar-refractivity contribution is -0.120. The lowest BCUT2D eigenvalue weighted by Crippen LogP contribution is -2.32. The molecule has 1 aromatic carbocycles. The molecule has 0 N–H and O–H groups in total. The molecule has 96 valence electrons. The van der Waals surface area contributed by atoms with E-state index in [0.29, 0.717) is 0 Å². The van der Waals surface area contributed by atoms with Gasteiger partial charge in [0.05, 0.1) is 5.41 Å². The largest absolute Gasteiger partial charge is 0.299 e. The van der Waals surface area contributed by atoms with Crippen LogP contribution in [0.5, 0.6) is 0 Å². The van der Waals surface area contributed by atoms with Crippen LogP contribution in [-0.4, -0.2) is 5.78 Å². The second kappa shape index (κ2) is 6.34. The molecule has 0 bridgehead atoms. The third-order valence-electron chi connectivity index (χ3n) is 3.48. The van der Waals surface area contributed by atoms with Crippen LogP contribution in [0.3, 0.4) is 0 Å². The molecule has 1 nitrogen and oxygen atoms in total. The van der Waals surface area contributed by atoms with Crippen molar-refractivity contribution in [2.75, 3.05) is 0 Å². The van der Waals surface area contributed by atoms with E-state index in [1.54, 1.807) is 6.92 Å². The second-order valence-electron chi connectivity index (χ2n) is 4.60. The van der Waals surface area contributed by atoms with Crippen LogP contribution in [0.2, 0.25) is 0 Å². The first-order valence-electron chi connectivity index (χ1n) is 6.47. The summed E-state index contributed by atoms with van der Waals surface area (Å²) >= 11 is 0. The van der Waals surface area contributed by atoms with E-state index in [9.17, 15) is 4.79 Å². The van der Waals surface area contributed by atoms with E-state index in [1.165, 1.54) is 0 Å². The van der Waals surface area contributed by atoms with Gasteiger partial charge in [-0.3, -0.25) is 4.79 Å². The first-order chi connectivity index (χ1) is 8.57. The van der Waals surface area contributed by atoms with Gasteiger partial charge in [0.15, 0.2) is 0 Å². The summed E-state index contributed by atoms with van der Waals surface area (Å²) in [6.45, 7) is 7.74. The van der Waals surface area contributed by atoms with Crippen LogP contribution < -0.4 is 0 Å². The van der Waals surface area contributed by atoms with Crippen LogP contribution in [0.4, 0.5) is 0 Å². The molecule has 0 aliphatic rings. The Bertz CT molecular complexity index is 454. The zero-order valence-electron chi connectivity index (χ0n) is 11.7. The molecule has 0 saturated carbocycles. The minimum atomic E-state index is -0.554. The van der Waals surface area contributed by atoms with Crippen molar-refractivity contribution < 1.29 is 4.79 Å². The summed E-state index contributed by atoms with van der Waals surface area (Å²) in [4.78, 5) is 12.2. The van der Waals surface area contributed by atoms with Crippen molar-refractivity contribution >= 4 is 5.78 Å². The van der Waals surface area contributed by atoms with Crippen LogP contribution >= 0.6 is 0 Å². The summed E-state index contributed by atoms with van der Waals surface area (Å²) in [5.41, 5.74) is 1.55. The number of allylic oxidation sites excluding steroid dienone is 4. The molecule has 1 heteroatoms. The van der Waals surface area contributed by atoms with Gasteiger partial charge in [0.25, 0.3) is 0 Å². The normalized spacial score (nSPS) is 15.7. The second-order valence-corrected chi connectivity index (χ2v) is 4.60. The van der Waals surface area contributed by atoms with Crippen molar-refractivity contribution in [2.24, 2.45) is 0 Å². The Morgan fingerprint density at radius 3 is 2.33 bits per heavy atom. The molecule has 0 aromatic heterocycles. The SMILES string of the molecule is C/C=C(\C=C/CC)C(C)(C(C)=O)c1ccccc1. The smallest absolute Gasteiger partial charge is 0.144 e. The van der Waals surface area contributed by atoms with Crippen molar-refractivity contribution in [1.29, 1.82) is 0 Å². The summed E-state index contributed by atoms with van der Waals surface area (Å²) in [7, 11) is 0. The fourth-order valence-corrected chi connectivity index (χ4v) is 2.14. The molecule has 0 spiro atoms. The zero-order valence-corrected chi connectivity index (χ0v) is 11.7. The lowest BCUT2D eigenvalue weighted by atomic mass is 9.72. The molecule has 1 unspecified atom stereocenters. The van der Waals surface area contributed by atoms with Gasteiger partial charge in [-0.2, -0.15) is 0 Å². The van der Waals surface area contributed by atoms with Gasteiger partial charge >= 0.3 is 0 Å². The van der Waals surface area contributed by atoms with E-state index >= 15 is 0 Å². The molecule has 1 aromatic rings. The van der Waals surface area contributed by atoms with Crippen LogP contribution in [-0.2, 0) is 10.2 Å². The molecule has 0 saturated heterocycles. The third-order valence-corrected chi connectivity index (χ3v) is 3.48. The van der Waals surface area contributed by atoms with E-state index in [2.05, 4.69) is 19.1 Å². The van der Waals surface area contributed by atoms with Gasteiger partial charge < -0.3 is 0 Å². The Morgan fingerprint density at radius 1 is 1.28 bits per heavy atom. The van der Waals surface area contributed by atoms with E-state index < -0.39 is 5.41 Å². The van der Waals surface area contributed by atoms with Crippen LogP contribution in [0, 0.1) is 0 Å². The Labute approximate surface area is 110 Å². The van der Waals surface area contributed by atoms with E-state index in [-0.39, 0.29) is 5.78 Å². The molecular weight excluding hydrogens is 220 g/mol. The minimum Gasteiger partial charge on any atom is -0.299 e. The molecule has 0 heterocycles. The van der Waals surface area contributed by atoms with Crippen molar-refractivity contribution in [1.82, 2.24) is 0 Å². The number of carbonyl (C=O) groups excluding carboxylic acids is 1. The van der Waals surface area contributed by atoms with Gasteiger partial charge in [0.1, 0.15) is 5.78 Å². The number of hydrogen-bond donors (Lipinski definition) is 0. The zero-order chi connectivity index (χ0) is 13.6. The van der Waals surface area contributed by atoms with Crippen molar-refractivity contribution in [2.45, 2.75) is 39.5 Å². The van der Waals surface area contributed by atoms with Crippen LogP contribution in [0.15, 0.2) is 54.1 Å². The number of Topliss-reactive ketones (excluding diaryl/α,β-unsaturated/α-hetero) is 1. The first kappa shape index (κ1) is 14.4. The van der Waals surface area contributed by atoms with Gasteiger partial charge in [0.2, 0.25) is 0 Å². The average Bonchev–Trinajstić information content (AvgIpc) is 2.40. The summed E-state index contributed by atoms with van der Waals surface area (Å²) < 4.78 is 0. The molecule has 0 amide bonds. The van der Waals surface area contributed by atoms with Crippen molar-refractivity contribution in [3.05, 3.63) is 59.7 Å². The fourth-order valence-electron chi connectivity index (χ4n) is 2.14. The summed E-state index contributed by atoms with van der Waals surface area (Å²) in [5.74, 6) is 0.169. The maximum absolute atomic E-state index is 12.2.